The van der Waals surface area contributed by atoms with Crippen LogP contribution in [0.2, 0.25) is 0 Å². The van der Waals surface area contributed by atoms with Crippen LogP contribution in [-0.4, -0.2) is 28.5 Å². The predicted molar refractivity (Wildman–Crippen MR) is 109 cm³/mol. The first-order valence-electron chi connectivity index (χ1n) is 8.74. The van der Waals surface area contributed by atoms with Gasteiger partial charge in [-0.15, -0.1) is 0 Å². The molecule has 1 aromatic rings. The van der Waals surface area contributed by atoms with Gasteiger partial charge in [0, 0.05) is 11.1 Å². The van der Waals surface area contributed by atoms with Crippen molar-refractivity contribution in [1.29, 1.82) is 0 Å². The van der Waals surface area contributed by atoms with Gasteiger partial charge in [-0.2, -0.15) is 0 Å². The summed E-state index contributed by atoms with van der Waals surface area (Å²) in [6, 6.07) is 6.63. The molecule has 0 spiro atoms. The minimum Gasteiger partial charge on any atom is -0.357 e. The molecule has 0 unspecified atom stereocenters. The summed E-state index contributed by atoms with van der Waals surface area (Å²) in [4.78, 5) is 25.1. The van der Waals surface area contributed by atoms with Gasteiger partial charge < -0.3 is 10.6 Å². The molecule has 0 fully saturated rings. The summed E-state index contributed by atoms with van der Waals surface area (Å²) in [6.45, 7) is 11.8. The SMILES string of the molecule is Cc1ccccc1C(=O)N[C@@H](CC(C)C)C(=O)NNC(=S)NC(C)(C)C. The Labute approximate surface area is 161 Å². The fraction of sp³-hybridized carbons (Fsp3) is 0.526. The van der Waals surface area contributed by atoms with Crippen molar-refractivity contribution in [1.82, 2.24) is 21.5 Å². The molecule has 4 N–H and O–H groups in total. The Balaban J connectivity index is 2.73. The van der Waals surface area contributed by atoms with Crippen LogP contribution in [0.15, 0.2) is 24.3 Å². The fourth-order valence-corrected chi connectivity index (χ4v) is 2.70. The van der Waals surface area contributed by atoms with Crippen LogP contribution in [0, 0.1) is 12.8 Å². The normalized spacial score (nSPS) is 12.3. The molecule has 26 heavy (non-hydrogen) atoms. The molecule has 0 aliphatic rings. The van der Waals surface area contributed by atoms with E-state index in [1.807, 2.05) is 53.7 Å². The van der Waals surface area contributed by atoms with Crippen molar-refractivity contribution < 1.29 is 9.59 Å². The van der Waals surface area contributed by atoms with Crippen molar-refractivity contribution in [2.75, 3.05) is 0 Å². The van der Waals surface area contributed by atoms with Crippen molar-refractivity contribution in [3.05, 3.63) is 35.4 Å². The summed E-state index contributed by atoms with van der Waals surface area (Å²) in [5.74, 6) is -0.361. The molecule has 1 rings (SSSR count). The van der Waals surface area contributed by atoms with E-state index in [0.29, 0.717) is 17.1 Å². The van der Waals surface area contributed by atoms with Gasteiger partial charge in [0.1, 0.15) is 6.04 Å². The van der Waals surface area contributed by atoms with Gasteiger partial charge >= 0.3 is 0 Å². The summed E-state index contributed by atoms with van der Waals surface area (Å²) >= 11 is 5.15. The number of amides is 2. The summed E-state index contributed by atoms with van der Waals surface area (Å²) in [7, 11) is 0. The molecule has 0 saturated carbocycles. The molecule has 0 aliphatic heterocycles. The lowest BCUT2D eigenvalue weighted by molar-refractivity contribution is -0.123. The second-order valence-corrected chi connectivity index (χ2v) is 8.20. The zero-order valence-corrected chi connectivity index (χ0v) is 17.2. The number of nitrogens with one attached hydrogen (secondary N) is 4. The van der Waals surface area contributed by atoms with E-state index in [4.69, 9.17) is 12.2 Å². The third kappa shape index (κ3) is 7.82. The highest BCUT2D eigenvalue weighted by Gasteiger charge is 2.23. The Morgan fingerprint density at radius 3 is 2.27 bits per heavy atom. The highest BCUT2D eigenvalue weighted by molar-refractivity contribution is 7.80. The van der Waals surface area contributed by atoms with Gasteiger partial charge in [0.05, 0.1) is 0 Å². The number of hydrogen-bond acceptors (Lipinski definition) is 3. The molecule has 2 amide bonds. The van der Waals surface area contributed by atoms with E-state index in [1.165, 1.54) is 0 Å². The molecule has 7 heteroatoms. The molecule has 0 aliphatic carbocycles. The van der Waals surface area contributed by atoms with Crippen LogP contribution in [0.1, 0.15) is 57.0 Å². The van der Waals surface area contributed by atoms with E-state index < -0.39 is 6.04 Å². The van der Waals surface area contributed by atoms with Gasteiger partial charge in [0.2, 0.25) is 0 Å². The van der Waals surface area contributed by atoms with Crippen LogP contribution < -0.4 is 21.5 Å². The van der Waals surface area contributed by atoms with Crippen molar-refractivity contribution in [3.63, 3.8) is 0 Å². The summed E-state index contributed by atoms with van der Waals surface area (Å²) in [5, 5.41) is 6.19. The van der Waals surface area contributed by atoms with Crippen molar-refractivity contribution in [3.8, 4) is 0 Å². The molecule has 1 atom stereocenters. The number of rotatable bonds is 5. The minimum atomic E-state index is -0.660. The smallest absolute Gasteiger partial charge is 0.260 e. The highest BCUT2D eigenvalue weighted by Crippen LogP contribution is 2.10. The fourth-order valence-electron chi connectivity index (χ4n) is 2.34. The van der Waals surface area contributed by atoms with Crippen molar-refractivity contribution in [2.45, 2.75) is 59.5 Å². The molecular weight excluding hydrogens is 348 g/mol. The molecular formula is C19H30N4O2S. The van der Waals surface area contributed by atoms with Gasteiger partial charge in [-0.25, -0.2) is 0 Å². The average Bonchev–Trinajstić information content (AvgIpc) is 2.50. The van der Waals surface area contributed by atoms with Crippen LogP contribution in [0.25, 0.3) is 0 Å². The van der Waals surface area contributed by atoms with E-state index in [1.54, 1.807) is 12.1 Å². The van der Waals surface area contributed by atoms with Crippen LogP contribution in [-0.2, 0) is 4.79 Å². The number of hydrazine groups is 1. The monoisotopic (exact) mass is 378 g/mol. The van der Waals surface area contributed by atoms with E-state index in [2.05, 4.69) is 21.5 Å². The van der Waals surface area contributed by atoms with Crippen molar-refractivity contribution in [2.24, 2.45) is 5.92 Å². The number of carbonyl (C=O) groups excluding carboxylic acids is 2. The van der Waals surface area contributed by atoms with Crippen LogP contribution in [0.3, 0.4) is 0 Å². The van der Waals surface area contributed by atoms with E-state index in [0.717, 1.165) is 5.56 Å². The Kier molecular flexibility index (Phi) is 8.02. The lowest BCUT2D eigenvalue weighted by atomic mass is 10.0. The van der Waals surface area contributed by atoms with Gasteiger partial charge in [-0.1, -0.05) is 32.0 Å². The molecule has 6 nitrogen and oxygen atoms in total. The van der Waals surface area contributed by atoms with Gasteiger partial charge in [0.25, 0.3) is 11.8 Å². The highest BCUT2D eigenvalue weighted by atomic mass is 32.1. The lowest BCUT2D eigenvalue weighted by Crippen LogP contribution is -2.56. The summed E-state index contributed by atoms with van der Waals surface area (Å²) in [6.07, 6.45) is 0.518. The first-order valence-corrected chi connectivity index (χ1v) is 9.15. The first-order chi connectivity index (χ1) is 12.0. The number of aryl methyl sites for hydroxylation is 1. The molecule has 0 aromatic heterocycles. The van der Waals surface area contributed by atoms with Crippen LogP contribution in [0.4, 0.5) is 0 Å². The maximum Gasteiger partial charge on any atom is 0.260 e. The average molecular weight is 379 g/mol. The quantitative estimate of drug-likeness (QED) is 0.467. The van der Waals surface area contributed by atoms with E-state index in [9.17, 15) is 9.59 Å². The van der Waals surface area contributed by atoms with Crippen LogP contribution in [0.5, 0.6) is 0 Å². The number of benzene rings is 1. The second kappa shape index (κ2) is 9.52. The largest absolute Gasteiger partial charge is 0.357 e. The zero-order valence-electron chi connectivity index (χ0n) is 16.4. The Morgan fingerprint density at radius 1 is 1.12 bits per heavy atom. The maximum atomic E-state index is 12.5. The van der Waals surface area contributed by atoms with Crippen LogP contribution >= 0.6 is 12.2 Å². The molecule has 0 radical (unpaired) electrons. The predicted octanol–water partition coefficient (Wildman–Crippen LogP) is 2.43. The zero-order chi connectivity index (χ0) is 19.9. The molecule has 0 heterocycles. The third-order valence-corrected chi connectivity index (χ3v) is 3.71. The molecule has 1 aromatic carbocycles. The van der Waals surface area contributed by atoms with Crippen molar-refractivity contribution >= 4 is 29.1 Å². The van der Waals surface area contributed by atoms with Gasteiger partial charge in [-0.3, -0.25) is 20.4 Å². The van der Waals surface area contributed by atoms with Gasteiger partial charge in [0.15, 0.2) is 5.11 Å². The first kappa shape index (κ1) is 21.9. The van der Waals surface area contributed by atoms with E-state index in [-0.39, 0.29) is 23.3 Å². The standard InChI is InChI=1S/C19H30N4O2S/c1-12(2)11-15(17(25)22-23-18(26)21-19(4,5)6)20-16(24)14-10-8-7-9-13(14)3/h7-10,12,15H,11H2,1-6H3,(H,20,24)(H,22,25)(H2,21,23,26)/t15-/m0/s1. The Hall–Kier alpha value is -2.15. The topological polar surface area (TPSA) is 82.3 Å². The third-order valence-electron chi connectivity index (χ3n) is 3.51. The lowest BCUT2D eigenvalue weighted by Gasteiger charge is -2.25. The number of carbonyl (C=O) groups is 2. The van der Waals surface area contributed by atoms with E-state index >= 15 is 0 Å². The Bertz CT molecular complexity index is 653. The second-order valence-electron chi connectivity index (χ2n) is 7.79. The number of thiocarbonyl (C=S) groups is 1. The van der Waals surface area contributed by atoms with Gasteiger partial charge in [-0.05, 0) is 63.9 Å². The Morgan fingerprint density at radius 2 is 1.73 bits per heavy atom. The molecule has 0 saturated heterocycles. The summed E-state index contributed by atoms with van der Waals surface area (Å²) < 4.78 is 0. The molecule has 0 bridgehead atoms. The number of hydrogen-bond donors (Lipinski definition) is 4. The molecule has 144 valence electrons. The minimum absolute atomic E-state index is 0.217. The maximum absolute atomic E-state index is 12.5. The summed E-state index contributed by atoms with van der Waals surface area (Å²) in [5.41, 5.74) is 6.47.